The minimum Gasteiger partial charge on any atom is -0.0622 e. The summed E-state index contributed by atoms with van der Waals surface area (Å²) in [4.78, 5) is 0. The average molecular weight is 421 g/mol. The fourth-order valence-electron chi connectivity index (χ4n) is 4.22. The number of hydrogen-bond donors (Lipinski definition) is 0. The van der Waals surface area contributed by atoms with Crippen LogP contribution in [0.2, 0.25) is 0 Å². The van der Waals surface area contributed by atoms with E-state index in [9.17, 15) is 0 Å². The second-order valence-electron chi connectivity index (χ2n) is 8.02. The normalized spacial score (nSPS) is 10.3. The van der Waals surface area contributed by atoms with Crippen molar-refractivity contribution < 1.29 is 0 Å². The smallest absolute Gasteiger partial charge is 0.0330 e. The first-order valence-corrected chi connectivity index (χ1v) is 11.3. The number of hydrogen-bond acceptors (Lipinski definition) is 0. The van der Waals surface area contributed by atoms with Gasteiger partial charge in [0.05, 0.1) is 0 Å². The van der Waals surface area contributed by atoms with Crippen LogP contribution in [0, 0.1) is 11.8 Å². The van der Waals surface area contributed by atoms with Gasteiger partial charge in [0.15, 0.2) is 0 Å². The monoisotopic (exact) mass is 420 g/mol. The van der Waals surface area contributed by atoms with Gasteiger partial charge in [0.2, 0.25) is 0 Å². The molecule has 33 heavy (non-hydrogen) atoms. The Bertz CT molecular complexity index is 1390. The molecule has 0 atom stereocenters. The first kappa shape index (κ1) is 20.6. The molecule has 0 radical (unpaired) electrons. The molecule has 0 nitrogen and oxygen atoms in total. The maximum atomic E-state index is 3.48. The summed E-state index contributed by atoms with van der Waals surface area (Å²) in [5, 5.41) is 0. The number of rotatable bonds is 4. The third kappa shape index (κ3) is 4.79. The highest BCUT2D eigenvalue weighted by molar-refractivity contribution is 5.83. The fraction of sp³-hybridized carbons (Fsp3) is 0.0303. The zero-order valence-electron chi connectivity index (χ0n) is 18.4. The average Bonchev–Trinajstić information content (AvgIpc) is 2.90. The summed E-state index contributed by atoms with van der Waals surface area (Å²) in [5.74, 6) is 6.85. The molecule has 5 aromatic carbocycles. The highest BCUT2D eigenvalue weighted by Crippen LogP contribution is 2.36. The quantitative estimate of drug-likeness (QED) is 0.258. The van der Waals surface area contributed by atoms with E-state index in [1.165, 1.54) is 33.4 Å². The predicted octanol–water partition coefficient (Wildman–Crippen LogP) is 8.01. The topological polar surface area (TPSA) is 0 Å². The Balaban J connectivity index is 1.76. The molecule has 0 saturated carbocycles. The van der Waals surface area contributed by atoms with E-state index in [4.69, 9.17) is 0 Å². The molecule has 0 heteroatoms. The Morgan fingerprint density at radius 3 is 1.64 bits per heavy atom. The van der Waals surface area contributed by atoms with Crippen molar-refractivity contribution >= 4 is 0 Å². The molecule has 0 saturated heterocycles. The molecular weight excluding hydrogens is 396 g/mol. The second-order valence-corrected chi connectivity index (χ2v) is 8.02. The van der Waals surface area contributed by atoms with Crippen LogP contribution in [-0.2, 0) is 6.42 Å². The van der Waals surface area contributed by atoms with Gasteiger partial charge in [-0.25, -0.2) is 0 Å². The molecule has 0 aromatic heterocycles. The van der Waals surface area contributed by atoms with Gasteiger partial charge >= 0.3 is 0 Å². The first-order chi connectivity index (χ1) is 16.4. The van der Waals surface area contributed by atoms with E-state index in [0.29, 0.717) is 0 Å². The lowest BCUT2D eigenvalue weighted by molar-refractivity contribution is 1.19. The molecule has 0 bridgehead atoms. The van der Waals surface area contributed by atoms with Crippen LogP contribution >= 0.6 is 0 Å². The third-order valence-electron chi connectivity index (χ3n) is 5.80. The van der Waals surface area contributed by atoms with Gasteiger partial charge in [0.1, 0.15) is 0 Å². The molecule has 0 N–H and O–H groups in total. The molecule has 5 aromatic rings. The van der Waals surface area contributed by atoms with Gasteiger partial charge in [0, 0.05) is 16.7 Å². The second kappa shape index (κ2) is 9.86. The molecule has 0 fully saturated rings. The Hall–Kier alpha value is -4.34. The third-order valence-corrected chi connectivity index (χ3v) is 5.80. The Kier molecular flexibility index (Phi) is 6.14. The van der Waals surface area contributed by atoms with Gasteiger partial charge in [-0.2, -0.15) is 0 Å². The van der Waals surface area contributed by atoms with Crippen molar-refractivity contribution in [2.24, 2.45) is 0 Å². The minimum absolute atomic E-state index is 0.843. The highest BCUT2D eigenvalue weighted by atomic mass is 14.2. The maximum Gasteiger partial charge on any atom is 0.0330 e. The van der Waals surface area contributed by atoms with Gasteiger partial charge in [0.25, 0.3) is 0 Å². The van der Waals surface area contributed by atoms with E-state index < -0.39 is 0 Å². The predicted molar refractivity (Wildman–Crippen MR) is 139 cm³/mol. The summed E-state index contributed by atoms with van der Waals surface area (Å²) in [6.45, 7) is 0. The van der Waals surface area contributed by atoms with Crippen molar-refractivity contribution in [2.75, 3.05) is 0 Å². The molecule has 0 aliphatic heterocycles. The van der Waals surface area contributed by atoms with Crippen LogP contribution in [0.15, 0.2) is 133 Å². The summed E-state index contributed by atoms with van der Waals surface area (Å²) in [7, 11) is 0. The van der Waals surface area contributed by atoms with Gasteiger partial charge in [-0.15, -0.1) is 0 Å². The van der Waals surface area contributed by atoms with Crippen molar-refractivity contribution in [3.05, 3.63) is 156 Å². The molecule has 0 spiro atoms. The lowest BCUT2D eigenvalue weighted by Crippen LogP contribution is -1.99. The Morgan fingerprint density at radius 1 is 0.455 bits per heavy atom. The fourth-order valence-corrected chi connectivity index (χ4v) is 4.22. The van der Waals surface area contributed by atoms with E-state index in [1.54, 1.807) is 0 Å². The molecule has 0 heterocycles. The van der Waals surface area contributed by atoms with Crippen molar-refractivity contribution in [3.8, 4) is 34.1 Å². The van der Waals surface area contributed by atoms with E-state index in [-0.39, 0.29) is 0 Å². The summed E-state index contributed by atoms with van der Waals surface area (Å²) >= 11 is 0. The first-order valence-electron chi connectivity index (χ1n) is 11.3. The standard InChI is InChI=1S/C33H24/c1-5-13-26(14-6-1)21-22-30-23-24-31(28-17-9-3-10-18-28)32(25-27-15-7-2-8-16-27)33(30)29-19-11-4-12-20-29/h1-20,23-24H,25H2. The van der Waals surface area contributed by atoms with Crippen LogP contribution in [0.3, 0.4) is 0 Å². The molecule has 0 aliphatic rings. The highest BCUT2D eigenvalue weighted by Gasteiger charge is 2.16. The molecule has 156 valence electrons. The zero-order chi connectivity index (χ0) is 22.3. The van der Waals surface area contributed by atoms with Gasteiger partial charge < -0.3 is 0 Å². The Labute approximate surface area is 196 Å². The molecule has 0 unspecified atom stereocenters. The van der Waals surface area contributed by atoms with Crippen molar-refractivity contribution in [1.29, 1.82) is 0 Å². The summed E-state index contributed by atoms with van der Waals surface area (Å²) in [6.07, 6.45) is 0.843. The maximum absolute atomic E-state index is 3.48. The van der Waals surface area contributed by atoms with Crippen LogP contribution in [0.5, 0.6) is 0 Å². The van der Waals surface area contributed by atoms with Crippen molar-refractivity contribution in [3.63, 3.8) is 0 Å². The SMILES string of the molecule is C(#Cc1ccc(-c2ccccc2)c(Cc2ccccc2)c1-c1ccccc1)c1ccccc1. The number of benzene rings is 5. The molecule has 5 rings (SSSR count). The van der Waals surface area contributed by atoms with Crippen LogP contribution in [0.25, 0.3) is 22.3 Å². The van der Waals surface area contributed by atoms with Crippen LogP contribution in [-0.4, -0.2) is 0 Å². The van der Waals surface area contributed by atoms with Crippen LogP contribution < -0.4 is 0 Å². The summed E-state index contributed by atoms with van der Waals surface area (Å²) in [5.41, 5.74) is 9.55. The van der Waals surface area contributed by atoms with Gasteiger partial charge in [-0.3, -0.25) is 0 Å². The zero-order valence-corrected chi connectivity index (χ0v) is 18.4. The molecule has 0 amide bonds. The minimum atomic E-state index is 0.843. The lowest BCUT2D eigenvalue weighted by Gasteiger charge is -2.18. The van der Waals surface area contributed by atoms with Gasteiger partial charge in [-0.05, 0) is 52.4 Å². The van der Waals surface area contributed by atoms with Crippen molar-refractivity contribution in [1.82, 2.24) is 0 Å². The van der Waals surface area contributed by atoms with E-state index in [1.807, 2.05) is 18.2 Å². The van der Waals surface area contributed by atoms with Crippen LogP contribution in [0.1, 0.15) is 22.3 Å². The molecule has 0 aliphatic carbocycles. The van der Waals surface area contributed by atoms with Gasteiger partial charge in [-0.1, -0.05) is 127 Å². The van der Waals surface area contributed by atoms with Crippen molar-refractivity contribution in [2.45, 2.75) is 6.42 Å². The van der Waals surface area contributed by atoms with E-state index >= 15 is 0 Å². The Morgan fingerprint density at radius 2 is 1.00 bits per heavy atom. The molecular formula is C33H24. The van der Waals surface area contributed by atoms with E-state index in [0.717, 1.165) is 17.5 Å². The van der Waals surface area contributed by atoms with E-state index in [2.05, 4.69) is 127 Å². The van der Waals surface area contributed by atoms with Crippen LogP contribution in [0.4, 0.5) is 0 Å². The largest absolute Gasteiger partial charge is 0.0622 e. The lowest BCUT2D eigenvalue weighted by atomic mass is 9.85. The summed E-state index contributed by atoms with van der Waals surface area (Å²) < 4.78 is 0. The summed E-state index contributed by atoms with van der Waals surface area (Å²) in [6, 6.07) is 46.6.